The number of esters is 1. The minimum atomic E-state index is -1.84. The van der Waals surface area contributed by atoms with Gasteiger partial charge in [-0.15, -0.1) is 0 Å². The lowest BCUT2D eigenvalue weighted by Crippen LogP contribution is -2.41. The molecule has 0 radical (unpaired) electrons. The van der Waals surface area contributed by atoms with Gasteiger partial charge >= 0.3 is 5.97 Å². The number of carbonyl (C=O) groups is 1. The number of rotatable bonds is 5. The van der Waals surface area contributed by atoms with Gasteiger partial charge < -0.3 is 9.16 Å². The van der Waals surface area contributed by atoms with Crippen LogP contribution in [0.2, 0.25) is 18.1 Å². The smallest absolute Gasteiger partial charge is 0.367 e. The molecule has 1 atom stereocenters. The normalized spacial score (nSPS) is 22.3. The van der Waals surface area contributed by atoms with E-state index in [4.69, 9.17) is 9.16 Å². The van der Waals surface area contributed by atoms with E-state index in [1.54, 1.807) is 6.92 Å². The van der Waals surface area contributed by atoms with Crippen LogP contribution in [0.3, 0.4) is 0 Å². The van der Waals surface area contributed by atoms with Gasteiger partial charge in [-0.3, -0.25) is 0 Å². The van der Waals surface area contributed by atoms with Crippen molar-refractivity contribution in [1.82, 2.24) is 0 Å². The molecule has 1 saturated carbocycles. The summed E-state index contributed by atoms with van der Waals surface area (Å²) in [5.74, 6) is -1.51. The Morgan fingerprint density at radius 3 is 2.52 bits per heavy atom. The average Bonchev–Trinajstić information content (AvgIpc) is 2.82. The van der Waals surface area contributed by atoms with Gasteiger partial charge in [0.05, 0.1) is 6.61 Å². The highest BCUT2D eigenvalue weighted by molar-refractivity contribution is 6.74. The highest BCUT2D eigenvalue weighted by atomic mass is 28.4. The fourth-order valence-corrected chi connectivity index (χ4v) is 3.29. The molecule has 0 aromatic rings. The molecule has 5 heteroatoms. The summed E-state index contributed by atoms with van der Waals surface area (Å²) >= 11 is 0. The third kappa shape index (κ3) is 4.64. The van der Waals surface area contributed by atoms with Crippen molar-refractivity contribution in [3.8, 4) is 0 Å². The molecule has 0 saturated heterocycles. The van der Waals surface area contributed by atoms with E-state index in [-0.39, 0.29) is 17.6 Å². The van der Waals surface area contributed by atoms with Crippen molar-refractivity contribution in [2.24, 2.45) is 5.92 Å². The first-order chi connectivity index (χ1) is 9.60. The quantitative estimate of drug-likeness (QED) is 0.422. The molecule has 0 spiro atoms. The second kappa shape index (κ2) is 7.05. The number of hydrogen-bond acceptors (Lipinski definition) is 3. The molecule has 0 heterocycles. The second-order valence-corrected chi connectivity index (χ2v) is 12.0. The average molecular weight is 316 g/mol. The van der Waals surface area contributed by atoms with E-state index in [2.05, 4.69) is 33.9 Å². The number of hydrogen-bond donors (Lipinski definition) is 0. The van der Waals surface area contributed by atoms with Crippen LogP contribution in [0.1, 0.15) is 47.0 Å². The molecule has 0 bridgehead atoms. The zero-order valence-electron chi connectivity index (χ0n) is 14.2. The Balaban J connectivity index is 2.75. The van der Waals surface area contributed by atoms with Crippen LogP contribution < -0.4 is 0 Å². The Morgan fingerprint density at radius 2 is 2.00 bits per heavy atom. The summed E-state index contributed by atoms with van der Waals surface area (Å²) < 4.78 is 25.1. The minimum Gasteiger partial charge on any atom is -0.461 e. The fourth-order valence-electron chi connectivity index (χ4n) is 2.24. The third-order valence-corrected chi connectivity index (χ3v) is 9.18. The van der Waals surface area contributed by atoms with Crippen LogP contribution in [0.25, 0.3) is 0 Å². The SMILES string of the molecule is CCOC(=O)/C(F)=C1/CCCC1CO[Si](C)(C)C(C)(C)C. The number of carbonyl (C=O) groups excluding carboxylic acids is 1. The lowest BCUT2D eigenvalue weighted by atomic mass is 10.0. The van der Waals surface area contributed by atoms with Crippen molar-refractivity contribution in [3.63, 3.8) is 0 Å². The van der Waals surface area contributed by atoms with Crippen molar-refractivity contribution in [2.45, 2.75) is 65.1 Å². The van der Waals surface area contributed by atoms with Crippen molar-refractivity contribution in [2.75, 3.05) is 13.2 Å². The van der Waals surface area contributed by atoms with Crippen LogP contribution in [-0.4, -0.2) is 27.5 Å². The summed E-state index contributed by atoms with van der Waals surface area (Å²) in [6, 6.07) is 0. The maximum atomic E-state index is 14.2. The van der Waals surface area contributed by atoms with Crippen molar-refractivity contribution >= 4 is 14.3 Å². The molecule has 21 heavy (non-hydrogen) atoms. The summed E-state index contributed by atoms with van der Waals surface area (Å²) in [5, 5.41) is 0.134. The van der Waals surface area contributed by atoms with Crippen LogP contribution in [0.15, 0.2) is 11.4 Å². The molecule has 1 unspecified atom stereocenters. The van der Waals surface area contributed by atoms with Crippen LogP contribution in [0, 0.1) is 5.92 Å². The van der Waals surface area contributed by atoms with Crippen LogP contribution in [-0.2, 0) is 14.0 Å². The molecule has 1 fully saturated rings. The predicted octanol–water partition coefficient (Wildman–Crippen LogP) is 4.60. The summed E-state index contributed by atoms with van der Waals surface area (Å²) in [4.78, 5) is 11.5. The van der Waals surface area contributed by atoms with Gasteiger partial charge in [-0.1, -0.05) is 20.8 Å². The molecule has 1 aliphatic carbocycles. The summed E-state index contributed by atoms with van der Waals surface area (Å²) in [7, 11) is -1.84. The van der Waals surface area contributed by atoms with Gasteiger partial charge in [-0.25, -0.2) is 4.79 Å². The van der Waals surface area contributed by atoms with Crippen molar-refractivity contribution in [3.05, 3.63) is 11.4 Å². The zero-order valence-corrected chi connectivity index (χ0v) is 15.2. The van der Waals surface area contributed by atoms with Gasteiger partial charge in [-0.2, -0.15) is 4.39 Å². The van der Waals surface area contributed by atoms with Crippen LogP contribution >= 0.6 is 0 Å². The Morgan fingerprint density at radius 1 is 1.38 bits per heavy atom. The lowest BCUT2D eigenvalue weighted by Gasteiger charge is -2.37. The van der Waals surface area contributed by atoms with E-state index in [1.807, 2.05) is 0 Å². The molecule has 0 N–H and O–H groups in total. The first kappa shape index (κ1) is 18.4. The standard InChI is InChI=1S/C16H29FO3Si/c1-7-19-15(18)14(17)13-10-8-9-12(13)11-20-21(5,6)16(2,3)4/h12H,7-11H2,1-6H3/b14-13+. The second-order valence-electron chi connectivity index (χ2n) is 7.22. The van der Waals surface area contributed by atoms with E-state index >= 15 is 0 Å². The largest absolute Gasteiger partial charge is 0.461 e. The Hall–Kier alpha value is -0.683. The van der Waals surface area contributed by atoms with Gasteiger partial charge in [0, 0.05) is 12.5 Å². The lowest BCUT2D eigenvalue weighted by molar-refractivity contribution is -0.140. The van der Waals surface area contributed by atoms with E-state index in [0.717, 1.165) is 12.8 Å². The summed E-state index contributed by atoms with van der Waals surface area (Å²) in [5.41, 5.74) is 0.590. The maximum Gasteiger partial charge on any atom is 0.367 e. The van der Waals surface area contributed by atoms with E-state index in [0.29, 0.717) is 18.6 Å². The van der Waals surface area contributed by atoms with E-state index in [1.165, 1.54) is 0 Å². The highest BCUT2D eigenvalue weighted by Crippen LogP contribution is 2.39. The van der Waals surface area contributed by atoms with Gasteiger partial charge in [0.1, 0.15) is 0 Å². The van der Waals surface area contributed by atoms with Crippen LogP contribution in [0.5, 0.6) is 0 Å². The fraction of sp³-hybridized carbons (Fsp3) is 0.812. The summed E-state index contributed by atoms with van der Waals surface area (Å²) in [6.07, 6.45) is 2.43. The zero-order chi connectivity index (χ0) is 16.3. The predicted molar refractivity (Wildman–Crippen MR) is 85.3 cm³/mol. The molecule has 3 nitrogen and oxygen atoms in total. The first-order valence-electron chi connectivity index (χ1n) is 7.79. The first-order valence-corrected chi connectivity index (χ1v) is 10.7. The third-order valence-electron chi connectivity index (χ3n) is 4.68. The Kier molecular flexibility index (Phi) is 6.17. The molecule has 1 rings (SSSR count). The van der Waals surface area contributed by atoms with Gasteiger partial charge in [0.2, 0.25) is 5.83 Å². The molecule has 0 aliphatic heterocycles. The molecule has 122 valence electrons. The summed E-state index contributed by atoms with van der Waals surface area (Å²) in [6.45, 7) is 13.3. The van der Waals surface area contributed by atoms with E-state index < -0.39 is 20.1 Å². The number of halogens is 1. The van der Waals surface area contributed by atoms with Gasteiger partial charge in [-0.05, 0) is 49.9 Å². The van der Waals surface area contributed by atoms with E-state index in [9.17, 15) is 9.18 Å². The Bertz CT molecular complexity index is 410. The highest BCUT2D eigenvalue weighted by Gasteiger charge is 2.38. The van der Waals surface area contributed by atoms with Gasteiger partial charge in [0.25, 0.3) is 0 Å². The minimum absolute atomic E-state index is 0.0172. The molecule has 0 aromatic heterocycles. The molecular weight excluding hydrogens is 287 g/mol. The van der Waals surface area contributed by atoms with Crippen molar-refractivity contribution < 1.29 is 18.3 Å². The maximum absolute atomic E-state index is 14.2. The van der Waals surface area contributed by atoms with Crippen LogP contribution in [0.4, 0.5) is 4.39 Å². The Labute approximate surface area is 129 Å². The van der Waals surface area contributed by atoms with Crippen molar-refractivity contribution in [1.29, 1.82) is 0 Å². The molecule has 0 aromatic carbocycles. The molecule has 1 aliphatic rings. The van der Waals surface area contributed by atoms with Gasteiger partial charge in [0.15, 0.2) is 8.32 Å². The topological polar surface area (TPSA) is 35.5 Å². The number of ether oxygens (including phenoxy) is 1. The monoisotopic (exact) mass is 316 g/mol. The molecule has 0 amide bonds. The molecular formula is C16H29FO3Si.